The van der Waals surface area contributed by atoms with E-state index in [1.165, 1.54) is 5.56 Å². The summed E-state index contributed by atoms with van der Waals surface area (Å²) in [6.07, 6.45) is 4.01. The Bertz CT molecular complexity index is 1470. The first kappa shape index (κ1) is 21.7. The van der Waals surface area contributed by atoms with Crippen molar-refractivity contribution in [3.8, 4) is 5.75 Å². The molecule has 0 saturated heterocycles. The van der Waals surface area contributed by atoms with Crippen LogP contribution in [0.25, 0.3) is 16.7 Å². The number of amides is 1. The van der Waals surface area contributed by atoms with Gasteiger partial charge in [0.15, 0.2) is 0 Å². The number of imidazole rings is 2. The van der Waals surface area contributed by atoms with Gasteiger partial charge in [-0.05, 0) is 61.9 Å². The van der Waals surface area contributed by atoms with Gasteiger partial charge < -0.3 is 18.6 Å². The minimum absolute atomic E-state index is 0.0584. The molecule has 0 aliphatic carbocycles. The molecule has 172 valence electrons. The average molecular weight is 454 g/mol. The first-order valence-electron chi connectivity index (χ1n) is 11.4. The first-order valence-corrected chi connectivity index (χ1v) is 11.4. The number of para-hydroxylation sites is 2. The lowest BCUT2D eigenvalue weighted by Crippen LogP contribution is -2.27. The maximum absolute atomic E-state index is 13.0. The minimum Gasteiger partial charge on any atom is -0.487 e. The van der Waals surface area contributed by atoms with Crippen LogP contribution in [0.4, 0.5) is 0 Å². The van der Waals surface area contributed by atoms with Crippen molar-refractivity contribution in [2.45, 2.75) is 33.5 Å². The molecule has 0 bridgehead atoms. The third kappa shape index (κ3) is 4.24. The minimum atomic E-state index is -0.0584. The van der Waals surface area contributed by atoms with Crippen molar-refractivity contribution in [3.63, 3.8) is 0 Å². The van der Waals surface area contributed by atoms with Gasteiger partial charge in [-0.25, -0.2) is 9.97 Å². The molecular formula is C27H27N5O2. The summed E-state index contributed by atoms with van der Waals surface area (Å²) in [6.45, 7) is 5.74. The van der Waals surface area contributed by atoms with Gasteiger partial charge in [0.25, 0.3) is 5.91 Å². The second-order valence-electron chi connectivity index (χ2n) is 8.44. The van der Waals surface area contributed by atoms with Gasteiger partial charge in [-0.15, -0.1) is 0 Å². The fraction of sp³-hybridized carbons (Fsp3) is 0.222. The number of nitrogens with zero attached hydrogens (tertiary/aromatic N) is 5. The smallest absolute Gasteiger partial charge is 0.254 e. The van der Waals surface area contributed by atoms with Crippen LogP contribution in [0.1, 0.15) is 34.4 Å². The summed E-state index contributed by atoms with van der Waals surface area (Å²) < 4.78 is 10.0. The number of hydrogen-bond donors (Lipinski definition) is 0. The van der Waals surface area contributed by atoms with E-state index in [-0.39, 0.29) is 5.91 Å². The summed E-state index contributed by atoms with van der Waals surface area (Å²) in [4.78, 5) is 24.0. The van der Waals surface area contributed by atoms with Gasteiger partial charge in [-0.2, -0.15) is 0 Å². The Morgan fingerprint density at radius 1 is 1.00 bits per heavy atom. The van der Waals surface area contributed by atoms with Crippen LogP contribution in [0.2, 0.25) is 0 Å². The number of pyridine rings is 1. The van der Waals surface area contributed by atoms with Crippen LogP contribution in [0.3, 0.4) is 0 Å². The number of rotatable bonds is 7. The van der Waals surface area contributed by atoms with Crippen LogP contribution in [0.15, 0.2) is 73.1 Å². The normalized spacial score (nSPS) is 11.3. The molecule has 0 radical (unpaired) electrons. The Morgan fingerprint density at radius 3 is 2.59 bits per heavy atom. The van der Waals surface area contributed by atoms with E-state index in [1.807, 2.05) is 59.3 Å². The number of aromatic nitrogens is 4. The molecule has 3 aromatic heterocycles. The number of hydrogen-bond acceptors (Lipinski definition) is 4. The van der Waals surface area contributed by atoms with Crippen LogP contribution >= 0.6 is 0 Å². The molecule has 0 fully saturated rings. The number of carbonyl (C=O) groups is 1. The zero-order valence-electron chi connectivity index (χ0n) is 19.6. The number of fused-ring (bicyclic) bond motifs is 2. The predicted octanol–water partition coefficient (Wildman–Crippen LogP) is 4.86. The van der Waals surface area contributed by atoms with E-state index in [2.05, 4.69) is 29.5 Å². The van der Waals surface area contributed by atoms with Gasteiger partial charge in [-0.1, -0.05) is 18.2 Å². The lowest BCUT2D eigenvalue weighted by atomic mass is 10.2. The van der Waals surface area contributed by atoms with Crippen molar-refractivity contribution < 1.29 is 9.53 Å². The summed E-state index contributed by atoms with van der Waals surface area (Å²) in [7, 11) is 1.80. The molecule has 0 spiro atoms. The molecule has 5 rings (SSSR count). The molecule has 0 atom stereocenters. The molecule has 0 N–H and O–H groups in total. The van der Waals surface area contributed by atoms with Crippen LogP contribution in [0, 0.1) is 6.92 Å². The van der Waals surface area contributed by atoms with Gasteiger partial charge in [0, 0.05) is 31.5 Å². The Labute approximate surface area is 198 Å². The Morgan fingerprint density at radius 2 is 1.79 bits per heavy atom. The molecule has 0 aliphatic heterocycles. The first-order chi connectivity index (χ1) is 16.5. The number of aryl methyl sites for hydroxylation is 2. The van der Waals surface area contributed by atoms with Crippen LogP contribution in [-0.2, 0) is 19.7 Å². The van der Waals surface area contributed by atoms with Gasteiger partial charge >= 0.3 is 0 Å². The monoisotopic (exact) mass is 453 g/mol. The second-order valence-corrected chi connectivity index (χ2v) is 8.44. The van der Waals surface area contributed by atoms with E-state index in [0.29, 0.717) is 24.5 Å². The number of carbonyl (C=O) groups excluding carboxylic acids is 1. The Kier molecular flexibility index (Phi) is 5.76. The van der Waals surface area contributed by atoms with E-state index in [4.69, 9.17) is 9.72 Å². The maximum Gasteiger partial charge on any atom is 0.254 e. The summed E-state index contributed by atoms with van der Waals surface area (Å²) in [5.74, 6) is 1.51. The standard InChI is InChI=1S/C27H27N5O2/c1-4-32-24-8-6-5-7-23(24)29-26(32)17-30(3)27(33)20-10-12-22(13-11-20)34-18-21-16-31-15-19(2)9-14-25(31)28-21/h5-16H,4,17-18H2,1-3H3. The predicted molar refractivity (Wildman–Crippen MR) is 132 cm³/mol. The molecule has 0 aliphatic rings. The molecule has 0 unspecified atom stereocenters. The molecule has 34 heavy (non-hydrogen) atoms. The zero-order chi connectivity index (χ0) is 23.7. The lowest BCUT2D eigenvalue weighted by molar-refractivity contribution is 0.0780. The Hall–Kier alpha value is -4.13. The van der Waals surface area contributed by atoms with Gasteiger partial charge in [0.05, 0.1) is 23.3 Å². The largest absolute Gasteiger partial charge is 0.487 e. The molecule has 3 heterocycles. The van der Waals surface area contributed by atoms with E-state index >= 15 is 0 Å². The number of benzene rings is 2. The zero-order valence-corrected chi connectivity index (χ0v) is 19.6. The molecule has 2 aromatic carbocycles. The molecule has 7 nitrogen and oxygen atoms in total. The fourth-order valence-corrected chi connectivity index (χ4v) is 4.18. The highest BCUT2D eigenvalue weighted by molar-refractivity contribution is 5.94. The van der Waals surface area contributed by atoms with Gasteiger partial charge in [0.2, 0.25) is 0 Å². The highest BCUT2D eigenvalue weighted by atomic mass is 16.5. The number of ether oxygens (including phenoxy) is 1. The molecule has 1 amide bonds. The molecular weight excluding hydrogens is 426 g/mol. The van der Waals surface area contributed by atoms with Crippen molar-refractivity contribution in [3.05, 3.63) is 95.7 Å². The molecule has 5 aromatic rings. The van der Waals surface area contributed by atoms with Crippen LogP contribution in [-0.4, -0.2) is 36.8 Å². The summed E-state index contributed by atoms with van der Waals surface area (Å²) in [6, 6.07) is 19.3. The maximum atomic E-state index is 13.0. The van der Waals surface area contributed by atoms with Crippen molar-refractivity contribution in [1.82, 2.24) is 23.8 Å². The van der Waals surface area contributed by atoms with Crippen molar-refractivity contribution in [2.24, 2.45) is 0 Å². The molecule has 0 saturated carbocycles. The SMILES string of the molecule is CCn1c(CN(C)C(=O)c2ccc(OCc3cn4cc(C)ccc4n3)cc2)nc2ccccc21. The van der Waals surface area contributed by atoms with Crippen molar-refractivity contribution >= 4 is 22.6 Å². The summed E-state index contributed by atoms with van der Waals surface area (Å²) in [5.41, 5.74) is 5.56. The highest BCUT2D eigenvalue weighted by Gasteiger charge is 2.16. The van der Waals surface area contributed by atoms with E-state index in [1.54, 1.807) is 24.1 Å². The summed E-state index contributed by atoms with van der Waals surface area (Å²) >= 11 is 0. The Balaban J connectivity index is 1.24. The lowest BCUT2D eigenvalue weighted by Gasteiger charge is -2.18. The second kappa shape index (κ2) is 9.02. The average Bonchev–Trinajstić information content (AvgIpc) is 3.42. The molecule has 7 heteroatoms. The van der Waals surface area contributed by atoms with E-state index < -0.39 is 0 Å². The fourth-order valence-electron chi connectivity index (χ4n) is 4.18. The highest BCUT2D eigenvalue weighted by Crippen LogP contribution is 2.19. The summed E-state index contributed by atoms with van der Waals surface area (Å²) in [5, 5.41) is 0. The van der Waals surface area contributed by atoms with Crippen molar-refractivity contribution in [2.75, 3.05) is 7.05 Å². The topological polar surface area (TPSA) is 64.7 Å². The van der Waals surface area contributed by atoms with Gasteiger partial charge in [0.1, 0.15) is 23.8 Å². The van der Waals surface area contributed by atoms with Crippen LogP contribution < -0.4 is 4.74 Å². The van der Waals surface area contributed by atoms with Gasteiger partial charge in [-0.3, -0.25) is 4.79 Å². The van der Waals surface area contributed by atoms with E-state index in [0.717, 1.165) is 34.7 Å². The third-order valence-electron chi connectivity index (χ3n) is 5.91. The van der Waals surface area contributed by atoms with E-state index in [9.17, 15) is 4.79 Å². The third-order valence-corrected chi connectivity index (χ3v) is 5.91. The van der Waals surface area contributed by atoms with Crippen LogP contribution in [0.5, 0.6) is 5.75 Å². The van der Waals surface area contributed by atoms with Crippen molar-refractivity contribution in [1.29, 1.82) is 0 Å². The quantitative estimate of drug-likeness (QED) is 0.353.